The number of hydrogen-bond donors (Lipinski definition) is 1. The summed E-state index contributed by atoms with van der Waals surface area (Å²) in [4.78, 5) is 19.1. The Morgan fingerprint density at radius 3 is 3.11 bits per heavy atom. The smallest absolute Gasteiger partial charge is 0.271 e. The minimum absolute atomic E-state index is 0.147. The van der Waals surface area contributed by atoms with Crippen molar-refractivity contribution in [1.29, 1.82) is 0 Å². The second-order valence-corrected chi connectivity index (χ2v) is 5.11. The Morgan fingerprint density at radius 2 is 2.32 bits per heavy atom. The standard InChI is InChI=1S/C11H15N5O2S/c17-10(9-7-16-11(14-9)19-8-13-16)12-1-2-15-3-5-18-6-4-15/h7-8H,1-6H2,(H,12,17). The minimum Gasteiger partial charge on any atom is -0.379 e. The Hall–Kier alpha value is -1.51. The van der Waals surface area contributed by atoms with Crippen molar-refractivity contribution in [3.63, 3.8) is 0 Å². The van der Waals surface area contributed by atoms with Crippen LogP contribution in [0.25, 0.3) is 4.96 Å². The maximum Gasteiger partial charge on any atom is 0.271 e. The highest BCUT2D eigenvalue weighted by atomic mass is 32.1. The Bertz CT molecular complexity index is 532. The van der Waals surface area contributed by atoms with Crippen molar-refractivity contribution in [2.75, 3.05) is 39.4 Å². The fourth-order valence-corrected chi connectivity index (χ4v) is 2.59. The third-order valence-electron chi connectivity index (χ3n) is 3.04. The van der Waals surface area contributed by atoms with E-state index in [0.717, 1.165) is 37.8 Å². The van der Waals surface area contributed by atoms with Gasteiger partial charge < -0.3 is 10.1 Å². The van der Waals surface area contributed by atoms with Crippen LogP contribution in [0.4, 0.5) is 0 Å². The number of imidazole rings is 1. The van der Waals surface area contributed by atoms with E-state index >= 15 is 0 Å². The second kappa shape index (κ2) is 5.64. The van der Waals surface area contributed by atoms with E-state index in [4.69, 9.17) is 4.74 Å². The number of nitrogens with one attached hydrogen (secondary N) is 1. The molecule has 0 spiro atoms. The summed E-state index contributed by atoms with van der Waals surface area (Å²) in [7, 11) is 0. The lowest BCUT2D eigenvalue weighted by Crippen LogP contribution is -2.41. The molecule has 2 aromatic rings. The number of nitrogens with zero attached hydrogens (tertiary/aromatic N) is 4. The van der Waals surface area contributed by atoms with Gasteiger partial charge in [0.05, 0.1) is 19.4 Å². The summed E-state index contributed by atoms with van der Waals surface area (Å²) >= 11 is 1.41. The fourth-order valence-electron chi connectivity index (χ4n) is 1.99. The number of carbonyl (C=O) groups excluding carboxylic acids is 1. The number of morpholine rings is 1. The third-order valence-corrected chi connectivity index (χ3v) is 3.73. The molecule has 3 rings (SSSR count). The molecule has 1 saturated heterocycles. The van der Waals surface area contributed by atoms with Crippen LogP contribution in [-0.4, -0.2) is 64.8 Å². The molecule has 0 aromatic carbocycles. The van der Waals surface area contributed by atoms with Crippen molar-refractivity contribution < 1.29 is 9.53 Å². The first kappa shape index (κ1) is 12.5. The van der Waals surface area contributed by atoms with Crippen molar-refractivity contribution in [2.24, 2.45) is 0 Å². The molecule has 1 aliphatic heterocycles. The molecule has 0 aliphatic carbocycles. The number of carbonyl (C=O) groups is 1. The van der Waals surface area contributed by atoms with Crippen LogP contribution in [0.5, 0.6) is 0 Å². The molecule has 19 heavy (non-hydrogen) atoms. The van der Waals surface area contributed by atoms with E-state index in [1.54, 1.807) is 16.2 Å². The predicted octanol–water partition coefficient (Wildman–Crippen LogP) is -0.147. The number of fused-ring (bicyclic) bond motifs is 1. The molecule has 1 fully saturated rings. The van der Waals surface area contributed by atoms with Crippen molar-refractivity contribution >= 4 is 22.2 Å². The largest absolute Gasteiger partial charge is 0.379 e. The normalized spacial score (nSPS) is 16.8. The number of rotatable bonds is 4. The van der Waals surface area contributed by atoms with Gasteiger partial charge in [0.15, 0.2) is 0 Å². The summed E-state index contributed by atoms with van der Waals surface area (Å²) in [6, 6.07) is 0. The summed E-state index contributed by atoms with van der Waals surface area (Å²) < 4.78 is 6.89. The zero-order chi connectivity index (χ0) is 13.1. The van der Waals surface area contributed by atoms with E-state index in [9.17, 15) is 4.79 Å². The van der Waals surface area contributed by atoms with Crippen molar-refractivity contribution in [2.45, 2.75) is 0 Å². The lowest BCUT2D eigenvalue weighted by atomic mass is 10.4. The van der Waals surface area contributed by atoms with Gasteiger partial charge in [0.2, 0.25) is 4.96 Å². The first-order valence-electron chi connectivity index (χ1n) is 6.20. The molecule has 3 heterocycles. The maximum atomic E-state index is 11.9. The number of hydrogen-bond acceptors (Lipinski definition) is 6. The topological polar surface area (TPSA) is 71.8 Å². The zero-order valence-corrected chi connectivity index (χ0v) is 11.2. The Balaban J connectivity index is 1.49. The molecule has 102 valence electrons. The van der Waals surface area contributed by atoms with Crippen LogP contribution < -0.4 is 5.32 Å². The summed E-state index contributed by atoms with van der Waals surface area (Å²) in [5, 5.41) is 6.92. The maximum absolute atomic E-state index is 11.9. The SMILES string of the molecule is O=C(NCCN1CCOCC1)c1cn2ncsc2n1. The van der Waals surface area contributed by atoms with E-state index in [1.165, 1.54) is 11.3 Å². The van der Waals surface area contributed by atoms with Gasteiger partial charge in [-0.15, -0.1) is 0 Å². The average Bonchev–Trinajstić information content (AvgIpc) is 3.00. The fraction of sp³-hybridized carbons (Fsp3) is 0.545. The van der Waals surface area contributed by atoms with Crippen molar-refractivity contribution in [3.05, 3.63) is 17.4 Å². The number of amides is 1. The molecule has 0 saturated carbocycles. The van der Waals surface area contributed by atoms with E-state index in [-0.39, 0.29) is 5.91 Å². The summed E-state index contributed by atoms with van der Waals surface area (Å²) in [5.41, 5.74) is 2.11. The van der Waals surface area contributed by atoms with Crippen molar-refractivity contribution in [3.8, 4) is 0 Å². The molecule has 0 bridgehead atoms. The van der Waals surface area contributed by atoms with Gasteiger partial charge in [-0.2, -0.15) is 5.10 Å². The molecule has 1 N–H and O–H groups in total. The van der Waals surface area contributed by atoms with Crippen LogP contribution in [-0.2, 0) is 4.74 Å². The van der Waals surface area contributed by atoms with E-state index in [2.05, 4.69) is 20.3 Å². The van der Waals surface area contributed by atoms with Crippen LogP contribution in [0.15, 0.2) is 11.7 Å². The summed E-state index contributed by atoms with van der Waals surface area (Å²) in [6.07, 6.45) is 1.65. The molecular weight excluding hydrogens is 266 g/mol. The first-order chi connectivity index (χ1) is 9.33. The van der Waals surface area contributed by atoms with Crippen molar-refractivity contribution in [1.82, 2.24) is 24.8 Å². The van der Waals surface area contributed by atoms with Gasteiger partial charge in [-0.05, 0) is 0 Å². The van der Waals surface area contributed by atoms with Gasteiger partial charge in [0.25, 0.3) is 5.91 Å². The molecule has 1 amide bonds. The zero-order valence-electron chi connectivity index (χ0n) is 10.4. The number of ether oxygens (including phenoxy) is 1. The van der Waals surface area contributed by atoms with Crippen LogP contribution in [0, 0.1) is 0 Å². The Morgan fingerprint density at radius 1 is 1.47 bits per heavy atom. The average molecular weight is 281 g/mol. The van der Waals surface area contributed by atoms with Gasteiger partial charge in [0, 0.05) is 26.2 Å². The summed E-state index contributed by atoms with van der Waals surface area (Å²) in [6.45, 7) is 4.88. The molecule has 8 heteroatoms. The molecule has 0 unspecified atom stereocenters. The third kappa shape index (κ3) is 2.91. The quantitative estimate of drug-likeness (QED) is 0.844. The molecular formula is C11H15N5O2S. The Kier molecular flexibility index (Phi) is 3.72. The Labute approximate surface area is 114 Å². The van der Waals surface area contributed by atoms with E-state index in [0.29, 0.717) is 12.2 Å². The van der Waals surface area contributed by atoms with Gasteiger partial charge in [-0.1, -0.05) is 11.3 Å². The number of aromatic nitrogens is 3. The highest BCUT2D eigenvalue weighted by Crippen LogP contribution is 2.08. The monoisotopic (exact) mass is 281 g/mol. The molecule has 1 aliphatic rings. The van der Waals surface area contributed by atoms with Crippen LogP contribution in [0.2, 0.25) is 0 Å². The lowest BCUT2D eigenvalue weighted by Gasteiger charge is -2.26. The van der Waals surface area contributed by atoms with Gasteiger partial charge >= 0.3 is 0 Å². The van der Waals surface area contributed by atoms with E-state index in [1.807, 2.05) is 0 Å². The van der Waals surface area contributed by atoms with Crippen LogP contribution in [0.1, 0.15) is 10.5 Å². The summed E-state index contributed by atoms with van der Waals surface area (Å²) in [5.74, 6) is -0.147. The van der Waals surface area contributed by atoms with Crippen LogP contribution >= 0.6 is 11.3 Å². The molecule has 0 atom stereocenters. The van der Waals surface area contributed by atoms with Gasteiger partial charge in [-0.3, -0.25) is 9.69 Å². The second-order valence-electron chi connectivity index (χ2n) is 4.30. The highest BCUT2D eigenvalue weighted by molar-refractivity contribution is 7.14. The molecule has 7 nitrogen and oxygen atoms in total. The lowest BCUT2D eigenvalue weighted by molar-refractivity contribution is 0.0383. The molecule has 2 aromatic heterocycles. The first-order valence-corrected chi connectivity index (χ1v) is 7.08. The van der Waals surface area contributed by atoms with Crippen LogP contribution in [0.3, 0.4) is 0 Å². The minimum atomic E-state index is -0.147. The molecule has 0 radical (unpaired) electrons. The van der Waals surface area contributed by atoms with Gasteiger partial charge in [-0.25, -0.2) is 9.50 Å². The van der Waals surface area contributed by atoms with E-state index < -0.39 is 0 Å². The highest BCUT2D eigenvalue weighted by Gasteiger charge is 2.13. The van der Waals surface area contributed by atoms with Gasteiger partial charge in [0.1, 0.15) is 11.2 Å². The predicted molar refractivity (Wildman–Crippen MR) is 70.5 cm³/mol.